The third kappa shape index (κ3) is 5.67. The molecule has 0 aliphatic rings. The predicted molar refractivity (Wildman–Crippen MR) is 99.6 cm³/mol. The number of rotatable bonds is 4. The van der Waals surface area contributed by atoms with Crippen molar-refractivity contribution >= 4 is 52.6 Å². The molecule has 23 heavy (non-hydrogen) atoms. The lowest BCUT2D eigenvalue weighted by atomic mass is 10.2. The molecule has 0 bridgehead atoms. The van der Waals surface area contributed by atoms with Gasteiger partial charge in [0.1, 0.15) is 0 Å². The molecule has 0 atom stereocenters. The topological polar surface area (TPSA) is 103 Å². The lowest BCUT2D eigenvalue weighted by Crippen LogP contribution is -2.26. The second-order valence-electron chi connectivity index (χ2n) is 4.52. The average Bonchev–Trinajstić information content (AvgIpc) is 2.47. The second-order valence-corrected chi connectivity index (χ2v) is 6.42. The molecule has 2 aromatic carbocycles. The normalized spacial score (nSPS) is 11.3. The Bertz CT molecular complexity index is 740. The Labute approximate surface area is 148 Å². The molecule has 120 valence electrons. The van der Waals surface area contributed by atoms with Crippen LogP contribution in [0, 0.1) is 0 Å². The van der Waals surface area contributed by atoms with Gasteiger partial charge < -0.3 is 17.2 Å². The van der Waals surface area contributed by atoms with E-state index in [9.17, 15) is 0 Å². The largest absolute Gasteiger partial charge is 0.370 e. The summed E-state index contributed by atoms with van der Waals surface area (Å²) >= 11 is 13.7. The van der Waals surface area contributed by atoms with Crippen LogP contribution in [-0.4, -0.2) is 11.9 Å². The van der Waals surface area contributed by atoms with Gasteiger partial charge in [-0.15, -0.1) is 11.8 Å². The van der Waals surface area contributed by atoms with Crippen LogP contribution < -0.4 is 17.2 Å². The summed E-state index contributed by atoms with van der Waals surface area (Å²) < 4.78 is 0. The molecule has 0 aliphatic heterocycles. The summed E-state index contributed by atoms with van der Waals surface area (Å²) in [6.07, 6.45) is 0. The van der Waals surface area contributed by atoms with E-state index in [1.54, 1.807) is 17.8 Å². The summed E-state index contributed by atoms with van der Waals surface area (Å²) in [5.41, 5.74) is 17.7. The summed E-state index contributed by atoms with van der Waals surface area (Å²) in [4.78, 5) is 8.82. The number of guanidine groups is 2. The van der Waals surface area contributed by atoms with Crippen LogP contribution in [0.25, 0.3) is 0 Å². The highest BCUT2D eigenvalue weighted by Gasteiger charge is 2.03. The molecule has 0 aromatic heterocycles. The first-order valence-corrected chi connectivity index (χ1v) is 8.29. The van der Waals surface area contributed by atoms with E-state index >= 15 is 0 Å². The van der Waals surface area contributed by atoms with Crippen LogP contribution in [0.3, 0.4) is 0 Å². The number of aliphatic imine (C=N–C) groups is 2. The van der Waals surface area contributed by atoms with Crippen molar-refractivity contribution in [1.82, 2.24) is 0 Å². The molecular weight excluding hydrogens is 353 g/mol. The molecule has 5 nitrogen and oxygen atoms in total. The van der Waals surface area contributed by atoms with Crippen LogP contribution in [0.15, 0.2) is 57.3 Å². The molecule has 0 aliphatic carbocycles. The van der Waals surface area contributed by atoms with Crippen molar-refractivity contribution in [2.24, 2.45) is 27.2 Å². The average molecular weight is 368 g/mol. The van der Waals surface area contributed by atoms with Gasteiger partial charge >= 0.3 is 0 Å². The summed E-state index contributed by atoms with van der Waals surface area (Å²) in [6.45, 7) is 0. The number of hydrogen-bond acceptors (Lipinski definition) is 2. The zero-order valence-corrected chi connectivity index (χ0v) is 14.4. The van der Waals surface area contributed by atoms with Crippen LogP contribution >= 0.6 is 35.0 Å². The van der Waals surface area contributed by atoms with E-state index in [4.69, 9.17) is 40.4 Å². The molecule has 0 saturated heterocycles. The molecule has 6 N–H and O–H groups in total. The van der Waals surface area contributed by atoms with E-state index in [1.165, 1.54) is 0 Å². The molecule has 0 heterocycles. The van der Waals surface area contributed by atoms with Crippen LogP contribution in [0.4, 0.5) is 5.69 Å². The first kappa shape index (κ1) is 17.5. The Kier molecular flexibility index (Phi) is 6.15. The fraction of sp³-hybridized carbons (Fsp3) is 0.0667. The number of nitrogens with zero attached hydrogens (tertiary/aromatic N) is 2. The summed E-state index contributed by atoms with van der Waals surface area (Å²) in [6, 6.07) is 13.0. The zero-order valence-electron chi connectivity index (χ0n) is 12.0. The molecule has 0 radical (unpaired) electrons. The van der Waals surface area contributed by atoms with Crippen molar-refractivity contribution in [1.29, 1.82) is 0 Å². The molecule has 0 unspecified atom stereocenters. The van der Waals surface area contributed by atoms with E-state index in [1.807, 2.05) is 36.4 Å². The van der Waals surface area contributed by atoms with E-state index < -0.39 is 0 Å². The Morgan fingerprint density at radius 2 is 1.70 bits per heavy atom. The van der Waals surface area contributed by atoms with Crippen molar-refractivity contribution in [2.45, 2.75) is 10.6 Å². The quantitative estimate of drug-likeness (QED) is 0.437. The van der Waals surface area contributed by atoms with E-state index in [2.05, 4.69) is 9.98 Å². The van der Waals surface area contributed by atoms with Gasteiger partial charge in [-0.3, -0.25) is 0 Å². The lowest BCUT2D eigenvalue weighted by molar-refractivity contribution is 1.35. The SMILES string of the molecule is NC(N)=NC(N)=Nc1ccc(SCc2ccc(Cl)cc2Cl)cc1. The molecule has 8 heteroatoms. The number of halogens is 2. The molecule has 0 fully saturated rings. The highest BCUT2D eigenvalue weighted by atomic mass is 35.5. The fourth-order valence-electron chi connectivity index (χ4n) is 1.71. The van der Waals surface area contributed by atoms with Gasteiger partial charge in [0.15, 0.2) is 5.96 Å². The molecule has 2 rings (SSSR count). The number of hydrogen-bond donors (Lipinski definition) is 3. The Morgan fingerprint density at radius 3 is 2.30 bits per heavy atom. The van der Waals surface area contributed by atoms with Crippen molar-refractivity contribution in [3.05, 3.63) is 58.1 Å². The van der Waals surface area contributed by atoms with Gasteiger partial charge in [-0.2, -0.15) is 4.99 Å². The highest BCUT2D eigenvalue weighted by Crippen LogP contribution is 2.29. The van der Waals surface area contributed by atoms with Gasteiger partial charge in [-0.1, -0.05) is 29.3 Å². The summed E-state index contributed by atoms with van der Waals surface area (Å²) in [5, 5.41) is 1.29. The molecule has 0 spiro atoms. The summed E-state index contributed by atoms with van der Waals surface area (Å²) in [7, 11) is 0. The maximum absolute atomic E-state index is 6.16. The Hall–Kier alpha value is -1.89. The minimum atomic E-state index is -0.127. The molecular formula is C15H15Cl2N5S. The van der Waals surface area contributed by atoms with Crippen molar-refractivity contribution < 1.29 is 0 Å². The van der Waals surface area contributed by atoms with Gasteiger partial charge in [0, 0.05) is 20.7 Å². The standard InChI is InChI=1S/C15H15Cl2N5S/c16-10-2-1-9(13(17)7-10)8-23-12-5-3-11(4-6-12)21-15(20)22-14(18)19/h1-7H,8H2,(H6,18,19,20,21,22). The lowest BCUT2D eigenvalue weighted by Gasteiger charge is -2.05. The van der Waals surface area contributed by atoms with E-state index in [0.717, 1.165) is 16.2 Å². The molecule has 0 saturated carbocycles. The van der Waals surface area contributed by atoms with E-state index in [0.29, 0.717) is 15.7 Å². The summed E-state index contributed by atoms with van der Waals surface area (Å²) in [5.74, 6) is 0.631. The molecule has 0 amide bonds. The van der Waals surface area contributed by atoms with Crippen LogP contribution in [0.2, 0.25) is 10.0 Å². The maximum Gasteiger partial charge on any atom is 0.223 e. The molecule has 2 aromatic rings. The van der Waals surface area contributed by atoms with Gasteiger partial charge in [-0.05, 0) is 42.0 Å². The van der Waals surface area contributed by atoms with Crippen molar-refractivity contribution in [3.8, 4) is 0 Å². The number of nitrogens with two attached hydrogens (primary N) is 3. The zero-order chi connectivity index (χ0) is 16.8. The van der Waals surface area contributed by atoms with Crippen molar-refractivity contribution in [3.63, 3.8) is 0 Å². The third-order valence-electron chi connectivity index (χ3n) is 2.73. The fourth-order valence-corrected chi connectivity index (χ4v) is 3.16. The van der Waals surface area contributed by atoms with Gasteiger partial charge in [0.05, 0.1) is 5.69 Å². The first-order valence-electron chi connectivity index (χ1n) is 6.54. The predicted octanol–water partition coefficient (Wildman–Crippen LogP) is 3.51. The number of benzene rings is 2. The first-order chi connectivity index (χ1) is 10.9. The Morgan fingerprint density at radius 1 is 1.00 bits per heavy atom. The van der Waals surface area contributed by atoms with Crippen molar-refractivity contribution in [2.75, 3.05) is 0 Å². The van der Waals surface area contributed by atoms with Crippen LogP contribution in [0.1, 0.15) is 5.56 Å². The van der Waals surface area contributed by atoms with Crippen LogP contribution in [0.5, 0.6) is 0 Å². The van der Waals surface area contributed by atoms with Gasteiger partial charge in [0.2, 0.25) is 5.96 Å². The Balaban J connectivity index is 2.01. The minimum Gasteiger partial charge on any atom is -0.370 e. The third-order valence-corrected chi connectivity index (χ3v) is 4.38. The van der Waals surface area contributed by atoms with Crippen LogP contribution in [-0.2, 0) is 5.75 Å². The van der Waals surface area contributed by atoms with Gasteiger partial charge in [-0.25, -0.2) is 4.99 Å². The maximum atomic E-state index is 6.16. The highest BCUT2D eigenvalue weighted by molar-refractivity contribution is 7.98. The van der Waals surface area contributed by atoms with Gasteiger partial charge in [0.25, 0.3) is 0 Å². The monoisotopic (exact) mass is 367 g/mol. The van der Waals surface area contributed by atoms with E-state index in [-0.39, 0.29) is 11.9 Å². The minimum absolute atomic E-state index is 0.0124. The second kappa shape index (κ2) is 8.10. The number of thioether (sulfide) groups is 1. The smallest absolute Gasteiger partial charge is 0.223 e.